The van der Waals surface area contributed by atoms with Crippen LogP contribution in [0.2, 0.25) is 0 Å². The first kappa shape index (κ1) is 13.5. The molecule has 0 aromatic carbocycles. The predicted molar refractivity (Wildman–Crippen MR) is 66.0 cm³/mol. The zero-order chi connectivity index (χ0) is 13.0. The lowest BCUT2D eigenvalue weighted by atomic mass is 10.1. The maximum Gasteiger partial charge on any atom is 0.229 e. The van der Waals surface area contributed by atoms with E-state index < -0.39 is 0 Å². The number of nitrogens with zero attached hydrogens (tertiary/aromatic N) is 2. The fourth-order valence-electron chi connectivity index (χ4n) is 2.06. The van der Waals surface area contributed by atoms with Crippen molar-refractivity contribution in [1.29, 1.82) is 0 Å². The van der Waals surface area contributed by atoms with Crippen LogP contribution in [0.15, 0.2) is 4.52 Å². The van der Waals surface area contributed by atoms with E-state index in [1.54, 1.807) is 0 Å². The molecule has 18 heavy (non-hydrogen) atoms. The molecule has 102 valence electrons. The highest BCUT2D eigenvalue weighted by Crippen LogP contribution is 2.33. The molecule has 1 aromatic heterocycles. The highest BCUT2D eigenvalue weighted by atomic mass is 16.5. The largest absolute Gasteiger partial charge is 0.392 e. The minimum Gasteiger partial charge on any atom is -0.392 e. The highest BCUT2D eigenvalue weighted by molar-refractivity contribution is 4.94. The summed E-state index contributed by atoms with van der Waals surface area (Å²) in [5, 5.41) is 13.8. The molecule has 1 N–H and O–H groups in total. The molecule has 0 radical (unpaired) electrons. The van der Waals surface area contributed by atoms with Crippen LogP contribution in [-0.4, -0.2) is 28.0 Å². The first-order valence-electron chi connectivity index (χ1n) is 6.86. The third-order valence-electron chi connectivity index (χ3n) is 3.24. The van der Waals surface area contributed by atoms with Crippen molar-refractivity contribution in [1.82, 2.24) is 10.1 Å². The molecular formula is C13H22N2O3. The minimum atomic E-state index is -0.338. The Balaban J connectivity index is 1.94. The first-order valence-corrected chi connectivity index (χ1v) is 6.86. The van der Waals surface area contributed by atoms with Crippen molar-refractivity contribution in [2.45, 2.75) is 58.2 Å². The summed E-state index contributed by atoms with van der Waals surface area (Å²) in [4.78, 5) is 4.34. The summed E-state index contributed by atoms with van der Waals surface area (Å²) in [7, 11) is 0. The Kier molecular flexibility index (Phi) is 4.72. The van der Waals surface area contributed by atoms with E-state index >= 15 is 0 Å². The second-order valence-electron chi connectivity index (χ2n) is 4.89. The van der Waals surface area contributed by atoms with Gasteiger partial charge in [-0.2, -0.15) is 4.98 Å². The summed E-state index contributed by atoms with van der Waals surface area (Å²) >= 11 is 0. The summed E-state index contributed by atoms with van der Waals surface area (Å²) in [6, 6.07) is 0. The summed E-state index contributed by atoms with van der Waals surface area (Å²) in [5.74, 6) is 1.56. The molecule has 2 unspecified atom stereocenters. The average Bonchev–Trinajstić information content (AvgIpc) is 3.11. The van der Waals surface area contributed by atoms with Crippen molar-refractivity contribution < 1.29 is 14.4 Å². The van der Waals surface area contributed by atoms with Crippen LogP contribution >= 0.6 is 0 Å². The number of aliphatic hydroxyl groups is 1. The third-order valence-corrected chi connectivity index (χ3v) is 3.24. The summed E-state index contributed by atoms with van der Waals surface area (Å²) < 4.78 is 10.8. The molecule has 0 spiro atoms. The van der Waals surface area contributed by atoms with E-state index in [1.807, 2.05) is 6.92 Å². The van der Waals surface area contributed by atoms with Crippen molar-refractivity contribution in [3.8, 4) is 0 Å². The van der Waals surface area contributed by atoms with Crippen LogP contribution in [0, 0.1) is 5.92 Å². The van der Waals surface area contributed by atoms with E-state index in [0.29, 0.717) is 30.7 Å². The monoisotopic (exact) mass is 254 g/mol. The summed E-state index contributed by atoms with van der Waals surface area (Å²) in [6.45, 7) is 4.70. The van der Waals surface area contributed by atoms with Gasteiger partial charge in [0.1, 0.15) is 6.10 Å². The van der Waals surface area contributed by atoms with E-state index in [4.69, 9.17) is 9.26 Å². The molecule has 2 atom stereocenters. The van der Waals surface area contributed by atoms with Gasteiger partial charge in [-0.05, 0) is 32.1 Å². The molecular weight excluding hydrogens is 232 g/mol. The van der Waals surface area contributed by atoms with Crippen LogP contribution in [0.25, 0.3) is 0 Å². The first-order chi connectivity index (χ1) is 8.74. The molecule has 0 saturated heterocycles. The van der Waals surface area contributed by atoms with Crippen LogP contribution in [0.5, 0.6) is 0 Å². The molecule has 0 aliphatic heterocycles. The lowest BCUT2D eigenvalue weighted by molar-refractivity contribution is 0.0477. The van der Waals surface area contributed by atoms with Gasteiger partial charge in [0.2, 0.25) is 11.7 Å². The van der Waals surface area contributed by atoms with Crippen molar-refractivity contribution in [3.63, 3.8) is 0 Å². The van der Waals surface area contributed by atoms with Crippen LogP contribution in [0.1, 0.15) is 57.3 Å². The number of ether oxygens (including phenoxy) is 1. The average molecular weight is 254 g/mol. The second-order valence-corrected chi connectivity index (χ2v) is 4.89. The number of hydrogen-bond donors (Lipinski definition) is 1. The van der Waals surface area contributed by atoms with Crippen LogP contribution in [0.4, 0.5) is 0 Å². The standard InChI is InChI=1S/C13H22N2O3/c1-3-5-11(17-4-2)13-14-12(18-15-13)8-10(16)9-6-7-9/h9-11,16H,3-8H2,1-2H3. The van der Waals surface area contributed by atoms with E-state index in [-0.39, 0.29) is 12.2 Å². The minimum absolute atomic E-state index is 0.0874. The molecule has 0 bridgehead atoms. The van der Waals surface area contributed by atoms with Gasteiger partial charge in [-0.25, -0.2) is 0 Å². The zero-order valence-electron chi connectivity index (χ0n) is 11.1. The lowest BCUT2D eigenvalue weighted by Crippen LogP contribution is -2.13. The van der Waals surface area contributed by atoms with Crippen molar-refractivity contribution in [2.24, 2.45) is 5.92 Å². The van der Waals surface area contributed by atoms with E-state index in [1.165, 1.54) is 0 Å². The van der Waals surface area contributed by atoms with Crippen LogP contribution in [0.3, 0.4) is 0 Å². The van der Waals surface area contributed by atoms with Crippen molar-refractivity contribution in [2.75, 3.05) is 6.61 Å². The fraction of sp³-hybridized carbons (Fsp3) is 0.846. The Hall–Kier alpha value is -0.940. The van der Waals surface area contributed by atoms with Gasteiger partial charge in [-0.15, -0.1) is 0 Å². The number of aliphatic hydroxyl groups excluding tert-OH is 1. The third kappa shape index (κ3) is 3.53. The van der Waals surface area contributed by atoms with Crippen molar-refractivity contribution in [3.05, 3.63) is 11.7 Å². The lowest BCUT2D eigenvalue weighted by Gasteiger charge is -2.11. The Labute approximate surface area is 108 Å². The smallest absolute Gasteiger partial charge is 0.229 e. The van der Waals surface area contributed by atoms with Gasteiger partial charge in [-0.3, -0.25) is 0 Å². The second kappa shape index (κ2) is 6.29. The SMILES string of the molecule is CCCC(OCC)c1noc(CC(O)C2CC2)n1. The number of hydrogen-bond acceptors (Lipinski definition) is 5. The van der Waals surface area contributed by atoms with Crippen molar-refractivity contribution >= 4 is 0 Å². The molecule has 1 aromatic rings. The molecule has 1 aliphatic carbocycles. The Morgan fingerprint density at radius 2 is 2.22 bits per heavy atom. The topological polar surface area (TPSA) is 68.4 Å². The van der Waals surface area contributed by atoms with Gasteiger partial charge in [0.05, 0.1) is 12.5 Å². The molecule has 2 rings (SSSR count). The van der Waals surface area contributed by atoms with Gasteiger partial charge in [-0.1, -0.05) is 18.5 Å². The molecule has 0 amide bonds. The van der Waals surface area contributed by atoms with E-state index in [9.17, 15) is 5.11 Å². The molecule has 1 saturated carbocycles. The molecule has 5 heteroatoms. The summed E-state index contributed by atoms with van der Waals surface area (Å²) in [5.41, 5.74) is 0. The summed E-state index contributed by atoms with van der Waals surface area (Å²) in [6.07, 6.45) is 4.16. The highest BCUT2D eigenvalue weighted by Gasteiger charge is 2.31. The normalized spacial score (nSPS) is 18.8. The zero-order valence-corrected chi connectivity index (χ0v) is 11.1. The molecule has 1 heterocycles. The van der Waals surface area contributed by atoms with Crippen LogP contribution < -0.4 is 0 Å². The molecule has 5 nitrogen and oxygen atoms in total. The predicted octanol–water partition coefficient (Wildman–Crippen LogP) is 2.26. The molecule has 1 fully saturated rings. The van der Waals surface area contributed by atoms with Gasteiger partial charge in [0.25, 0.3) is 0 Å². The van der Waals surface area contributed by atoms with E-state index in [2.05, 4.69) is 17.1 Å². The number of rotatable bonds is 8. The quantitative estimate of drug-likeness (QED) is 0.770. The molecule has 1 aliphatic rings. The van der Waals surface area contributed by atoms with Gasteiger partial charge in [0.15, 0.2) is 0 Å². The Morgan fingerprint density at radius 3 is 2.83 bits per heavy atom. The van der Waals surface area contributed by atoms with Gasteiger partial charge < -0.3 is 14.4 Å². The Morgan fingerprint density at radius 1 is 1.44 bits per heavy atom. The van der Waals surface area contributed by atoms with E-state index in [0.717, 1.165) is 25.7 Å². The fourth-order valence-corrected chi connectivity index (χ4v) is 2.06. The maximum atomic E-state index is 9.84. The maximum absolute atomic E-state index is 9.84. The van der Waals surface area contributed by atoms with Crippen LogP contribution in [-0.2, 0) is 11.2 Å². The Bertz CT molecular complexity index is 357. The van der Waals surface area contributed by atoms with Gasteiger partial charge in [0, 0.05) is 6.61 Å². The van der Waals surface area contributed by atoms with Gasteiger partial charge >= 0.3 is 0 Å². The number of aromatic nitrogens is 2.